The molecule has 1 aliphatic carbocycles. The molecule has 0 saturated carbocycles. The van der Waals surface area contributed by atoms with E-state index >= 15 is 0 Å². The summed E-state index contributed by atoms with van der Waals surface area (Å²) in [5.74, 6) is 0.984. The highest BCUT2D eigenvalue weighted by Gasteiger charge is 2.17. The monoisotopic (exact) mass is 273 g/mol. The lowest BCUT2D eigenvalue weighted by Crippen LogP contribution is -2.17. The van der Waals surface area contributed by atoms with Crippen LogP contribution in [0.1, 0.15) is 24.5 Å². The maximum absolute atomic E-state index is 6.22. The molecule has 1 unspecified atom stereocenters. The Bertz CT molecular complexity index is 523. The van der Waals surface area contributed by atoms with Crippen molar-refractivity contribution in [1.29, 1.82) is 0 Å². The van der Waals surface area contributed by atoms with E-state index in [2.05, 4.69) is 43.8 Å². The summed E-state index contributed by atoms with van der Waals surface area (Å²) in [6.07, 6.45) is 5.87. The molecule has 2 rings (SSSR count). The van der Waals surface area contributed by atoms with E-state index in [9.17, 15) is 0 Å². The van der Waals surface area contributed by atoms with Gasteiger partial charge in [0.1, 0.15) is 0 Å². The summed E-state index contributed by atoms with van der Waals surface area (Å²) in [6.45, 7) is 5.93. The van der Waals surface area contributed by atoms with Crippen LogP contribution in [0.5, 0.6) is 0 Å². The zero-order valence-electron chi connectivity index (χ0n) is 11.3. The Balaban J connectivity index is 2.22. The van der Waals surface area contributed by atoms with E-state index in [0.29, 0.717) is 11.8 Å². The quantitative estimate of drug-likeness (QED) is 0.814. The van der Waals surface area contributed by atoms with Gasteiger partial charge in [0.2, 0.25) is 0 Å². The van der Waals surface area contributed by atoms with Crippen molar-refractivity contribution in [1.82, 2.24) is 0 Å². The number of hydrogen-bond acceptors (Lipinski definition) is 1. The van der Waals surface area contributed by atoms with Gasteiger partial charge in [0.15, 0.2) is 0 Å². The fourth-order valence-electron chi connectivity index (χ4n) is 2.45. The first-order valence-corrected chi connectivity index (χ1v) is 7.12. The van der Waals surface area contributed by atoms with Crippen LogP contribution in [0, 0.1) is 5.92 Å². The number of alkyl halides is 1. The SMILES string of the molecule is C=Cc1ccc(CC2=C(N)C(C)CC(CCl)=C2)cc1. The van der Waals surface area contributed by atoms with E-state index in [-0.39, 0.29) is 0 Å². The highest BCUT2D eigenvalue weighted by molar-refractivity contribution is 6.19. The molecule has 2 N–H and O–H groups in total. The molecule has 0 bridgehead atoms. The third-order valence-electron chi connectivity index (χ3n) is 3.63. The van der Waals surface area contributed by atoms with Gasteiger partial charge >= 0.3 is 0 Å². The fourth-order valence-corrected chi connectivity index (χ4v) is 2.63. The number of rotatable bonds is 4. The van der Waals surface area contributed by atoms with E-state index in [1.807, 2.05) is 6.08 Å². The maximum Gasteiger partial charge on any atom is 0.0436 e. The summed E-state index contributed by atoms with van der Waals surface area (Å²) >= 11 is 5.96. The molecule has 100 valence electrons. The van der Waals surface area contributed by atoms with Crippen molar-refractivity contribution in [3.05, 3.63) is 64.9 Å². The predicted molar refractivity (Wildman–Crippen MR) is 84.0 cm³/mol. The van der Waals surface area contributed by atoms with Crippen molar-refractivity contribution in [2.75, 3.05) is 5.88 Å². The third-order valence-corrected chi connectivity index (χ3v) is 3.97. The molecule has 0 aromatic heterocycles. The number of hydrogen-bond donors (Lipinski definition) is 1. The first kappa shape index (κ1) is 14.0. The predicted octanol–water partition coefficient (Wildman–Crippen LogP) is 4.29. The Hall–Kier alpha value is -1.47. The molecule has 1 aliphatic rings. The highest BCUT2D eigenvalue weighted by Crippen LogP contribution is 2.29. The summed E-state index contributed by atoms with van der Waals surface area (Å²) < 4.78 is 0. The lowest BCUT2D eigenvalue weighted by molar-refractivity contribution is 0.642. The fraction of sp³-hybridized carbons (Fsp3) is 0.294. The molecule has 0 amide bonds. The van der Waals surface area contributed by atoms with E-state index in [0.717, 1.165) is 24.1 Å². The first-order chi connectivity index (χ1) is 9.13. The second-order valence-corrected chi connectivity index (χ2v) is 5.41. The zero-order chi connectivity index (χ0) is 13.8. The van der Waals surface area contributed by atoms with Crippen molar-refractivity contribution in [2.45, 2.75) is 19.8 Å². The summed E-state index contributed by atoms with van der Waals surface area (Å²) in [5.41, 5.74) is 12.1. The molecule has 0 spiro atoms. The minimum Gasteiger partial charge on any atom is -0.402 e. The molecular formula is C17H20ClN. The molecule has 1 aromatic rings. The van der Waals surface area contributed by atoms with Gasteiger partial charge in [-0.15, -0.1) is 11.6 Å². The summed E-state index contributed by atoms with van der Waals surface area (Å²) in [6, 6.07) is 8.42. The van der Waals surface area contributed by atoms with Crippen molar-refractivity contribution >= 4 is 17.7 Å². The smallest absolute Gasteiger partial charge is 0.0436 e. The van der Waals surface area contributed by atoms with Gasteiger partial charge < -0.3 is 5.73 Å². The Morgan fingerprint density at radius 2 is 2.05 bits per heavy atom. The summed E-state index contributed by atoms with van der Waals surface area (Å²) in [4.78, 5) is 0. The first-order valence-electron chi connectivity index (χ1n) is 6.59. The number of benzene rings is 1. The van der Waals surface area contributed by atoms with Gasteiger partial charge in [0.05, 0.1) is 0 Å². The van der Waals surface area contributed by atoms with E-state index in [1.165, 1.54) is 16.7 Å². The minimum atomic E-state index is 0.390. The van der Waals surface area contributed by atoms with Crippen molar-refractivity contribution in [3.8, 4) is 0 Å². The third kappa shape index (κ3) is 3.30. The molecule has 0 heterocycles. The van der Waals surface area contributed by atoms with Gasteiger partial charge in [-0.25, -0.2) is 0 Å². The Kier molecular flexibility index (Phi) is 4.49. The lowest BCUT2D eigenvalue weighted by atomic mass is 9.86. The van der Waals surface area contributed by atoms with Crippen molar-refractivity contribution < 1.29 is 0 Å². The van der Waals surface area contributed by atoms with Gasteiger partial charge in [0.25, 0.3) is 0 Å². The summed E-state index contributed by atoms with van der Waals surface area (Å²) in [7, 11) is 0. The normalized spacial score (nSPS) is 19.3. The zero-order valence-corrected chi connectivity index (χ0v) is 12.1. The van der Waals surface area contributed by atoms with Crippen LogP contribution in [-0.2, 0) is 6.42 Å². The Morgan fingerprint density at radius 1 is 1.37 bits per heavy atom. The maximum atomic E-state index is 6.22. The molecule has 0 radical (unpaired) electrons. The Labute approximate surface area is 120 Å². The van der Waals surface area contributed by atoms with Crippen LogP contribution < -0.4 is 5.73 Å². The number of halogens is 1. The average molecular weight is 274 g/mol. The Morgan fingerprint density at radius 3 is 2.63 bits per heavy atom. The van der Waals surface area contributed by atoms with Crippen LogP contribution in [0.15, 0.2) is 53.8 Å². The van der Waals surface area contributed by atoms with Crippen LogP contribution in [0.3, 0.4) is 0 Å². The van der Waals surface area contributed by atoms with Gasteiger partial charge in [0, 0.05) is 11.6 Å². The van der Waals surface area contributed by atoms with E-state index in [1.54, 1.807) is 0 Å². The highest BCUT2D eigenvalue weighted by atomic mass is 35.5. The van der Waals surface area contributed by atoms with Crippen LogP contribution >= 0.6 is 11.6 Å². The van der Waals surface area contributed by atoms with Gasteiger partial charge in [-0.1, -0.05) is 55.5 Å². The minimum absolute atomic E-state index is 0.390. The number of nitrogens with two attached hydrogens (primary N) is 1. The second kappa shape index (κ2) is 6.12. The molecule has 0 aliphatic heterocycles. The summed E-state index contributed by atoms with van der Waals surface area (Å²) in [5, 5.41) is 0. The van der Waals surface area contributed by atoms with Crippen LogP contribution in [-0.4, -0.2) is 5.88 Å². The molecular weight excluding hydrogens is 254 g/mol. The molecule has 1 aromatic carbocycles. The lowest BCUT2D eigenvalue weighted by Gasteiger charge is -2.22. The van der Waals surface area contributed by atoms with Crippen LogP contribution in [0.2, 0.25) is 0 Å². The molecule has 19 heavy (non-hydrogen) atoms. The molecule has 1 atom stereocenters. The average Bonchev–Trinajstić information content (AvgIpc) is 2.44. The van der Waals surface area contributed by atoms with Crippen LogP contribution in [0.4, 0.5) is 0 Å². The second-order valence-electron chi connectivity index (χ2n) is 5.14. The number of allylic oxidation sites excluding steroid dienone is 4. The molecule has 0 fully saturated rings. The van der Waals surface area contributed by atoms with Gasteiger partial charge in [-0.3, -0.25) is 0 Å². The van der Waals surface area contributed by atoms with E-state index in [4.69, 9.17) is 17.3 Å². The van der Waals surface area contributed by atoms with Crippen LogP contribution in [0.25, 0.3) is 6.08 Å². The van der Waals surface area contributed by atoms with Crippen molar-refractivity contribution in [2.24, 2.45) is 11.7 Å². The molecule has 0 saturated heterocycles. The largest absolute Gasteiger partial charge is 0.402 e. The standard InChI is InChI=1S/C17H20ClN/c1-3-13-4-6-14(7-5-13)9-16-10-15(11-18)8-12(2)17(16)19/h3-7,10,12H,1,8-9,11,19H2,2H3. The molecule has 2 heteroatoms. The van der Waals surface area contributed by atoms with Crippen molar-refractivity contribution in [3.63, 3.8) is 0 Å². The topological polar surface area (TPSA) is 26.0 Å². The van der Waals surface area contributed by atoms with Gasteiger partial charge in [-0.05, 0) is 35.5 Å². The molecule has 1 nitrogen and oxygen atoms in total. The van der Waals surface area contributed by atoms with Gasteiger partial charge in [-0.2, -0.15) is 0 Å². The van der Waals surface area contributed by atoms with E-state index < -0.39 is 0 Å².